The molecule has 0 fully saturated rings. The summed E-state index contributed by atoms with van der Waals surface area (Å²) in [6.07, 6.45) is 0. The fraction of sp³-hybridized carbons (Fsp3) is 0.375. The Morgan fingerprint density at radius 1 is 0.971 bits per heavy atom. The van der Waals surface area contributed by atoms with Crippen LogP contribution < -0.4 is 4.74 Å². The molecule has 1 amide bonds. The Bertz CT molecular complexity index is 1170. The molecule has 4 rings (SSSR count). The quantitative estimate of drug-likeness (QED) is 0.601. The molecule has 0 aliphatic carbocycles. The fourth-order valence-corrected chi connectivity index (χ4v) is 5.92. The van der Waals surface area contributed by atoms with E-state index in [0.717, 1.165) is 16.7 Å². The number of sulfonamides is 1. The number of carbonyl (C=O) groups is 1. The van der Waals surface area contributed by atoms with E-state index in [9.17, 15) is 27.1 Å². The highest BCUT2D eigenvalue weighted by atomic mass is 32.2. The molecule has 1 unspecified atom stereocenters. The fourth-order valence-electron chi connectivity index (χ4n) is 4.49. The molecule has 34 heavy (non-hydrogen) atoms. The largest absolute Gasteiger partial charge is 0.435 e. The van der Waals surface area contributed by atoms with Gasteiger partial charge in [0.1, 0.15) is 5.75 Å². The highest BCUT2D eigenvalue weighted by Gasteiger charge is 2.42. The van der Waals surface area contributed by atoms with Crippen LogP contribution in [0.15, 0.2) is 70.6 Å². The molecule has 10 heteroatoms. The predicted octanol–water partition coefficient (Wildman–Crippen LogP) is 2.99. The van der Waals surface area contributed by atoms with Gasteiger partial charge in [-0.1, -0.05) is 30.3 Å². The third-order valence-electron chi connectivity index (χ3n) is 6.08. The molecule has 1 atom stereocenters. The molecular weight excluding hydrogens is 466 g/mol. The van der Waals surface area contributed by atoms with E-state index in [-0.39, 0.29) is 29.6 Å². The van der Waals surface area contributed by atoms with Gasteiger partial charge in [0.05, 0.1) is 16.4 Å². The van der Waals surface area contributed by atoms with Crippen LogP contribution in [0.25, 0.3) is 0 Å². The van der Waals surface area contributed by atoms with Crippen molar-refractivity contribution in [3.8, 4) is 5.75 Å². The van der Waals surface area contributed by atoms with Crippen molar-refractivity contribution < 1.29 is 31.8 Å². The van der Waals surface area contributed by atoms with Gasteiger partial charge in [-0.3, -0.25) is 4.79 Å². The van der Waals surface area contributed by atoms with Gasteiger partial charge in [0.2, 0.25) is 15.9 Å². The second-order valence-electron chi connectivity index (χ2n) is 9.02. The van der Waals surface area contributed by atoms with E-state index in [1.165, 1.54) is 28.6 Å². The minimum absolute atomic E-state index is 0.0191. The van der Waals surface area contributed by atoms with Crippen LogP contribution in [-0.2, 0) is 14.8 Å². The minimum atomic E-state index is -3.84. The first kappa shape index (κ1) is 24.3. The van der Waals surface area contributed by atoms with Gasteiger partial charge in [-0.2, -0.15) is 13.1 Å². The van der Waals surface area contributed by atoms with Crippen LogP contribution >= 0.6 is 0 Å². The molecular formula is C24H26F2N2O5S. The molecule has 182 valence electrons. The standard InChI is InChI=1S/C24H26F2N2O5S/c1-24(2,30)21(16-6-4-3-5-7-16)22(29)27-12-17-14-28(15-18(17)13-27)34(31,32)20-10-8-19(9-11-20)33-23(25)26/h3-11,21,23,30H,12-15H2,1-2H3. The topological polar surface area (TPSA) is 87.2 Å². The van der Waals surface area contributed by atoms with Gasteiger partial charge in [0.25, 0.3) is 0 Å². The molecule has 1 N–H and O–H groups in total. The van der Waals surface area contributed by atoms with E-state index in [2.05, 4.69) is 4.74 Å². The lowest BCUT2D eigenvalue weighted by atomic mass is 9.83. The number of aliphatic hydroxyl groups is 1. The van der Waals surface area contributed by atoms with Crippen molar-refractivity contribution in [2.45, 2.75) is 36.9 Å². The van der Waals surface area contributed by atoms with Crippen molar-refractivity contribution in [3.05, 3.63) is 71.3 Å². The van der Waals surface area contributed by atoms with Crippen LogP contribution in [0.1, 0.15) is 25.3 Å². The highest BCUT2D eigenvalue weighted by molar-refractivity contribution is 7.89. The van der Waals surface area contributed by atoms with Crippen molar-refractivity contribution in [2.75, 3.05) is 26.2 Å². The van der Waals surface area contributed by atoms with E-state index in [1.54, 1.807) is 18.7 Å². The number of halogens is 2. The first-order valence-corrected chi connectivity index (χ1v) is 12.2. The monoisotopic (exact) mass is 492 g/mol. The maximum absolute atomic E-state index is 13.4. The van der Waals surface area contributed by atoms with Gasteiger partial charge in [-0.15, -0.1) is 0 Å². The number of hydrogen-bond donors (Lipinski definition) is 1. The number of hydrogen-bond acceptors (Lipinski definition) is 5. The minimum Gasteiger partial charge on any atom is -0.435 e. The van der Waals surface area contributed by atoms with Gasteiger partial charge in [0, 0.05) is 26.2 Å². The second kappa shape index (κ2) is 9.09. The van der Waals surface area contributed by atoms with Gasteiger partial charge >= 0.3 is 6.61 Å². The number of nitrogens with zero attached hydrogens (tertiary/aromatic N) is 2. The number of benzene rings is 2. The van der Waals surface area contributed by atoms with Gasteiger partial charge in [0.15, 0.2) is 0 Å². The Hall–Kier alpha value is -2.82. The zero-order chi connectivity index (χ0) is 24.7. The van der Waals surface area contributed by atoms with Crippen LogP contribution in [0.4, 0.5) is 8.78 Å². The summed E-state index contributed by atoms with van der Waals surface area (Å²) in [6, 6.07) is 14.0. The second-order valence-corrected chi connectivity index (χ2v) is 11.0. The highest BCUT2D eigenvalue weighted by Crippen LogP contribution is 2.35. The molecule has 7 nitrogen and oxygen atoms in total. The molecule has 0 radical (unpaired) electrons. The van der Waals surface area contributed by atoms with Crippen LogP contribution in [-0.4, -0.2) is 67.0 Å². The number of alkyl halides is 2. The molecule has 0 spiro atoms. The summed E-state index contributed by atoms with van der Waals surface area (Å²) in [5.74, 6) is -1.08. The smallest absolute Gasteiger partial charge is 0.387 e. The van der Waals surface area contributed by atoms with E-state index < -0.39 is 28.2 Å². The molecule has 0 saturated carbocycles. The van der Waals surface area contributed by atoms with E-state index in [4.69, 9.17) is 0 Å². The molecule has 0 saturated heterocycles. The third kappa shape index (κ3) is 4.84. The lowest BCUT2D eigenvalue weighted by Crippen LogP contribution is -2.44. The molecule has 2 aliphatic rings. The summed E-state index contributed by atoms with van der Waals surface area (Å²) >= 11 is 0. The first-order chi connectivity index (χ1) is 16.0. The average Bonchev–Trinajstić information content (AvgIpc) is 3.33. The maximum atomic E-state index is 13.4. The summed E-state index contributed by atoms with van der Waals surface area (Å²) in [5, 5.41) is 10.7. The third-order valence-corrected chi connectivity index (χ3v) is 7.89. The first-order valence-electron chi connectivity index (χ1n) is 10.8. The summed E-state index contributed by atoms with van der Waals surface area (Å²) in [4.78, 5) is 15.0. The van der Waals surface area contributed by atoms with Crippen molar-refractivity contribution in [1.29, 1.82) is 0 Å². The zero-order valence-electron chi connectivity index (χ0n) is 18.8. The summed E-state index contributed by atoms with van der Waals surface area (Å²) in [6.45, 7) is 1.10. The Morgan fingerprint density at radius 3 is 2.03 bits per heavy atom. The number of amides is 1. The van der Waals surface area contributed by atoms with E-state index in [1.807, 2.05) is 30.3 Å². The molecule has 2 aromatic carbocycles. The summed E-state index contributed by atoms with van der Waals surface area (Å²) < 4.78 is 56.3. The van der Waals surface area contributed by atoms with Crippen molar-refractivity contribution in [3.63, 3.8) is 0 Å². The molecule has 0 bridgehead atoms. The van der Waals surface area contributed by atoms with Crippen LogP contribution in [0, 0.1) is 0 Å². The van der Waals surface area contributed by atoms with Crippen LogP contribution in [0.3, 0.4) is 0 Å². The Labute approximate surface area is 197 Å². The Morgan fingerprint density at radius 2 is 1.53 bits per heavy atom. The number of rotatable bonds is 7. The van der Waals surface area contributed by atoms with E-state index >= 15 is 0 Å². The zero-order valence-corrected chi connectivity index (χ0v) is 19.6. The number of ether oxygens (including phenoxy) is 1. The summed E-state index contributed by atoms with van der Waals surface area (Å²) in [5.41, 5.74) is 1.16. The van der Waals surface area contributed by atoms with Crippen LogP contribution in [0.5, 0.6) is 5.75 Å². The van der Waals surface area contributed by atoms with Crippen molar-refractivity contribution >= 4 is 15.9 Å². The summed E-state index contributed by atoms with van der Waals surface area (Å²) in [7, 11) is -3.84. The average molecular weight is 493 g/mol. The number of carbonyl (C=O) groups excluding carboxylic acids is 1. The van der Waals surface area contributed by atoms with Crippen LogP contribution in [0.2, 0.25) is 0 Å². The Balaban J connectivity index is 1.44. The van der Waals surface area contributed by atoms with Gasteiger partial charge in [-0.25, -0.2) is 8.42 Å². The Kier molecular flexibility index (Phi) is 6.50. The van der Waals surface area contributed by atoms with Gasteiger partial charge in [-0.05, 0) is 54.8 Å². The van der Waals surface area contributed by atoms with Gasteiger partial charge < -0.3 is 14.7 Å². The predicted molar refractivity (Wildman–Crippen MR) is 121 cm³/mol. The maximum Gasteiger partial charge on any atom is 0.387 e. The lowest BCUT2D eigenvalue weighted by molar-refractivity contribution is -0.137. The SMILES string of the molecule is CC(C)(O)C(C(=O)N1CC2=C(C1)CN(S(=O)(=O)c1ccc(OC(F)F)cc1)C2)c1ccccc1. The van der Waals surface area contributed by atoms with Crippen molar-refractivity contribution in [1.82, 2.24) is 9.21 Å². The molecule has 2 aliphatic heterocycles. The molecule has 0 aromatic heterocycles. The van der Waals surface area contributed by atoms with Crippen molar-refractivity contribution in [2.24, 2.45) is 0 Å². The normalized spacial score (nSPS) is 17.9. The lowest BCUT2D eigenvalue weighted by Gasteiger charge is -2.33. The molecule has 2 heterocycles. The molecule has 2 aromatic rings. The van der Waals surface area contributed by atoms with E-state index in [0.29, 0.717) is 13.1 Å².